The molecule has 2 rings (SSSR count). The molecule has 18 heavy (non-hydrogen) atoms. The van der Waals surface area contributed by atoms with Gasteiger partial charge in [0, 0.05) is 12.6 Å². The molecule has 96 valence electrons. The molecule has 0 aromatic carbocycles. The highest BCUT2D eigenvalue weighted by atomic mass is 32.2. The summed E-state index contributed by atoms with van der Waals surface area (Å²) in [5.41, 5.74) is 5.46. The van der Waals surface area contributed by atoms with E-state index in [1.807, 2.05) is 13.2 Å². The summed E-state index contributed by atoms with van der Waals surface area (Å²) in [7, 11) is 0. The summed E-state index contributed by atoms with van der Waals surface area (Å²) in [5.74, 6) is 0.401. The summed E-state index contributed by atoms with van der Waals surface area (Å²) in [4.78, 5) is 19.8. The number of hydrogen-bond acceptors (Lipinski definition) is 7. The van der Waals surface area contributed by atoms with Crippen molar-refractivity contribution in [2.24, 2.45) is 0 Å². The predicted octanol–water partition coefficient (Wildman–Crippen LogP) is 0.837. The quantitative estimate of drug-likeness (QED) is 0.487. The van der Waals surface area contributed by atoms with Crippen molar-refractivity contribution in [2.45, 2.75) is 28.8 Å². The van der Waals surface area contributed by atoms with Gasteiger partial charge >= 0.3 is 5.69 Å². The first-order chi connectivity index (χ1) is 8.63. The van der Waals surface area contributed by atoms with Gasteiger partial charge in [-0.1, -0.05) is 11.8 Å². The van der Waals surface area contributed by atoms with Crippen molar-refractivity contribution >= 4 is 29.3 Å². The van der Waals surface area contributed by atoms with E-state index in [9.17, 15) is 4.79 Å². The fraction of sp³-hybridized carbons (Fsp3) is 0.333. The molecule has 0 saturated heterocycles. The van der Waals surface area contributed by atoms with Crippen LogP contribution >= 0.6 is 23.5 Å². The molecular formula is C9H12N6OS2. The van der Waals surface area contributed by atoms with Crippen LogP contribution in [0.5, 0.6) is 0 Å². The number of anilines is 1. The SMILES string of the molecule is CCn1c(Sc2cc(N)nc(SC)n2)n[nH]c1=O. The second-order valence-electron chi connectivity index (χ2n) is 3.28. The van der Waals surface area contributed by atoms with Gasteiger partial charge in [0.2, 0.25) is 0 Å². The van der Waals surface area contributed by atoms with Crippen molar-refractivity contribution < 1.29 is 0 Å². The molecule has 0 aliphatic heterocycles. The van der Waals surface area contributed by atoms with Gasteiger partial charge in [0.05, 0.1) is 0 Å². The van der Waals surface area contributed by atoms with Gasteiger partial charge in [0.25, 0.3) is 0 Å². The van der Waals surface area contributed by atoms with Crippen molar-refractivity contribution in [3.8, 4) is 0 Å². The molecule has 9 heteroatoms. The predicted molar refractivity (Wildman–Crippen MR) is 70.9 cm³/mol. The minimum absolute atomic E-state index is 0.230. The fourth-order valence-corrected chi connectivity index (χ4v) is 2.67. The first-order valence-electron chi connectivity index (χ1n) is 5.15. The number of thioether (sulfide) groups is 1. The van der Waals surface area contributed by atoms with E-state index in [-0.39, 0.29) is 5.69 Å². The monoisotopic (exact) mass is 284 g/mol. The van der Waals surface area contributed by atoms with E-state index in [4.69, 9.17) is 5.73 Å². The molecule has 2 heterocycles. The van der Waals surface area contributed by atoms with Gasteiger partial charge < -0.3 is 5.73 Å². The average Bonchev–Trinajstić information content (AvgIpc) is 2.69. The topological polar surface area (TPSA) is 102 Å². The Balaban J connectivity index is 2.33. The number of rotatable bonds is 4. The summed E-state index contributed by atoms with van der Waals surface area (Å²) in [6.45, 7) is 2.43. The molecular weight excluding hydrogens is 272 g/mol. The number of aromatic amines is 1. The molecule has 0 atom stereocenters. The Morgan fingerprint density at radius 1 is 1.50 bits per heavy atom. The highest BCUT2D eigenvalue weighted by Crippen LogP contribution is 2.25. The zero-order valence-electron chi connectivity index (χ0n) is 9.88. The van der Waals surface area contributed by atoms with Gasteiger partial charge in [0.15, 0.2) is 10.3 Å². The standard InChI is InChI=1S/C9H12N6OS2/c1-3-15-8(16)13-14-9(15)18-6-4-5(10)11-7(12-6)17-2/h4H,3H2,1-2H3,(H,13,16)(H2,10,11,12). The molecule has 0 radical (unpaired) electrons. The fourth-order valence-electron chi connectivity index (χ4n) is 1.32. The van der Waals surface area contributed by atoms with Gasteiger partial charge in [-0.3, -0.25) is 4.57 Å². The highest BCUT2D eigenvalue weighted by molar-refractivity contribution is 7.99. The lowest BCUT2D eigenvalue weighted by molar-refractivity contribution is 0.659. The van der Waals surface area contributed by atoms with Crippen LogP contribution in [-0.2, 0) is 6.54 Å². The van der Waals surface area contributed by atoms with Crippen LogP contribution in [0.25, 0.3) is 0 Å². The smallest absolute Gasteiger partial charge is 0.343 e. The van der Waals surface area contributed by atoms with Crippen LogP contribution in [0.15, 0.2) is 26.2 Å². The maximum atomic E-state index is 11.4. The van der Waals surface area contributed by atoms with Crippen LogP contribution in [0.3, 0.4) is 0 Å². The van der Waals surface area contributed by atoms with Crippen molar-refractivity contribution in [2.75, 3.05) is 12.0 Å². The Bertz CT molecular complexity index is 607. The number of nitrogens with two attached hydrogens (primary N) is 1. The lowest BCUT2D eigenvalue weighted by Crippen LogP contribution is -2.16. The molecule has 0 saturated carbocycles. The Kier molecular flexibility index (Phi) is 3.92. The Hall–Kier alpha value is -1.48. The van der Waals surface area contributed by atoms with Crippen LogP contribution in [-0.4, -0.2) is 31.0 Å². The van der Waals surface area contributed by atoms with E-state index in [0.29, 0.717) is 27.7 Å². The normalized spacial score (nSPS) is 10.8. The molecule has 7 nitrogen and oxygen atoms in total. The number of nitrogen functional groups attached to an aromatic ring is 1. The van der Waals surface area contributed by atoms with Gasteiger partial charge in [0.1, 0.15) is 10.8 Å². The molecule has 3 N–H and O–H groups in total. The lowest BCUT2D eigenvalue weighted by atomic mass is 10.6. The lowest BCUT2D eigenvalue weighted by Gasteiger charge is -2.03. The molecule has 0 amide bonds. The number of nitrogens with zero attached hydrogens (tertiary/aromatic N) is 4. The van der Waals surface area contributed by atoms with E-state index in [1.165, 1.54) is 28.1 Å². The number of hydrogen-bond donors (Lipinski definition) is 2. The Labute approximate surface area is 112 Å². The van der Waals surface area contributed by atoms with E-state index >= 15 is 0 Å². The van der Waals surface area contributed by atoms with Crippen molar-refractivity contribution in [1.82, 2.24) is 24.7 Å². The van der Waals surface area contributed by atoms with E-state index < -0.39 is 0 Å². The molecule has 0 fully saturated rings. The third-order valence-corrected chi connectivity index (χ3v) is 3.58. The third-order valence-electron chi connectivity index (χ3n) is 2.12. The van der Waals surface area contributed by atoms with Crippen LogP contribution in [0.4, 0.5) is 5.82 Å². The molecule has 0 bridgehead atoms. The zero-order chi connectivity index (χ0) is 13.1. The number of H-pyrrole nitrogens is 1. The van der Waals surface area contributed by atoms with Gasteiger partial charge in [-0.2, -0.15) is 0 Å². The van der Waals surface area contributed by atoms with Crippen molar-refractivity contribution in [3.63, 3.8) is 0 Å². The first kappa shape index (κ1) is 13.0. The second kappa shape index (κ2) is 5.44. The second-order valence-corrected chi connectivity index (χ2v) is 5.04. The van der Waals surface area contributed by atoms with E-state index in [1.54, 1.807) is 6.07 Å². The maximum absolute atomic E-state index is 11.4. The van der Waals surface area contributed by atoms with E-state index in [0.717, 1.165) is 0 Å². The van der Waals surface area contributed by atoms with Gasteiger partial charge in [-0.15, -0.1) is 5.10 Å². The van der Waals surface area contributed by atoms with E-state index in [2.05, 4.69) is 20.2 Å². The number of nitrogens with one attached hydrogen (secondary N) is 1. The Morgan fingerprint density at radius 3 is 2.94 bits per heavy atom. The van der Waals surface area contributed by atoms with Crippen molar-refractivity contribution in [3.05, 3.63) is 16.6 Å². The summed E-state index contributed by atoms with van der Waals surface area (Å²) in [6, 6.07) is 1.66. The van der Waals surface area contributed by atoms with Crippen LogP contribution in [0.1, 0.15) is 6.92 Å². The number of aromatic nitrogens is 5. The summed E-state index contributed by atoms with van der Waals surface area (Å²) in [5, 5.41) is 8.18. The minimum Gasteiger partial charge on any atom is -0.384 e. The minimum atomic E-state index is -0.230. The molecule has 0 unspecified atom stereocenters. The molecule has 2 aromatic heterocycles. The summed E-state index contributed by atoms with van der Waals surface area (Å²) in [6.07, 6.45) is 1.87. The summed E-state index contributed by atoms with van der Waals surface area (Å²) >= 11 is 2.69. The van der Waals surface area contributed by atoms with Crippen LogP contribution in [0, 0.1) is 0 Å². The summed E-state index contributed by atoms with van der Waals surface area (Å²) < 4.78 is 1.53. The van der Waals surface area contributed by atoms with Crippen molar-refractivity contribution in [1.29, 1.82) is 0 Å². The highest BCUT2D eigenvalue weighted by Gasteiger charge is 2.10. The molecule has 0 spiro atoms. The molecule has 0 aliphatic carbocycles. The average molecular weight is 284 g/mol. The Morgan fingerprint density at radius 2 is 2.28 bits per heavy atom. The van der Waals surface area contributed by atoms with Crippen LogP contribution < -0.4 is 11.4 Å². The zero-order valence-corrected chi connectivity index (χ0v) is 11.5. The molecule has 2 aromatic rings. The first-order valence-corrected chi connectivity index (χ1v) is 7.19. The molecule has 0 aliphatic rings. The largest absolute Gasteiger partial charge is 0.384 e. The maximum Gasteiger partial charge on any atom is 0.343 e. The van der Waals surface area contributed by atoms with Crippen LogP contribution in [0.2, 0.25) is 0 Å². The third kappa shape index (κ3) is 2.67. The van der Waals surface area contributed by atoms with Gasteiger partial charge in [-0.25, -0.2) is 19.9 Å². The van der Waals surface area contributed by atoms with Gasteiger partial charge in [-0.05, 0) is 24.9 Å².